The second kappa shape index (κ2) is 30.4. The molecule has 2 aromatic rings. The Morgan fingerprint density at radius 1 is 0.618 bits per heavy atom. The smallest absolute Gasteiger partial charge is 0.342 e. The molecule has 19 nitrogen and oxygen atoms in total. The molecule has 0 saturated carbocycles. The fraction of sp³-hybridized carbons (Fsp3) is 0.509. The van der Waals surface area contributed by atoms with Gasteiger partial charge in [-0.3, -0.25) is 18.7 Å². The third-order valence-corrected chi connectivity index (χ3v) is 15.7. The van der Waals surface area contributed by atoms with E-state index < -0.39 is 32.6 Å². The lowest BCUT2D eigenvalue weighted by Gasteiger charge is -2.26. The molecule has 4 aliphatic rings. The van der Waals surface area contributed by atoms with Gasteiger partial charge in [0.2, 0.25) is 7.37 Å². The second-order valence-electron chi connectivity index (χ2n) is 18.9. The van der Waals surface area contributed by atoms with E-state index in [4.69, 9.17) is 51.4 Å². The van der Waals surface area contributed by atoms with E-state index in [0.717, 1.165) is 76.9 Å². The predicted molar refractivity (Wildman–Crippen MR) is 294 cm³/mol. The number of carbonyl (C=O) groups is 4. The molecule has 4 heterocycles. The molecule has 1 unspecified atom stereocenters. The molecule has 23 heteroatoms. The van der Waals surface area contributed by atoms with Crippen molar-refractivity contribution < 1.29 is 66.7 Å². The number of rotatable bonds is 11. The molecular formula is C53H71Cl2N5O14P2. The van der Waals surface area contributed by atoms with E-state index in [2.05, 4.69) is 10.3 Å². The Hall–Kier alpha value is -5.58. The van der Waals surface area contributed by atoms with Crippen molar-refractivity contribution in [2.45, 2.75) is 89.9 Å². The van der Waals surface area contributed by atoms with Gasteiger partial charge in [0.15, 0.2) is 13.2 Å². The average molecular weight is 1140 g/mol. The number of aromatic hydroxyl groups is 2. The maximum absolute atomic E-state index is 13.6. The maximum Gasteiger partial charge on any atom is 0.342 e. The number of likely N-dealkylation sites (tertiary alicyclic amines) is 2. The second-order valence-corrected chi connectivity index (χ2v) is 24.9. The van der Waals surface area contributed by atoms with Gasteiger partial charge in [0.1, 0.15) is 34.1 Å². The Labute approximate surface area is 455 Å². The quantitative estimate of drug-likeness (QED) is 0.0922. The lowest BCUT2D eigenvalue weighted by molar-refractivity contribution is -0.137. The summed E-state index contributed by atoms with van der Waals surface area (Å²) < 4.78 is 49.9. The minimum Gasteiger partial charge on any atom is -0.507 e. The van der Waals surface area contributed by atoms with E-state index in [1.54, 1.807) is 36.0 Å². The molecule has 2 fully saturated rings. The standard InChI is InChI=1S/C29H42ClN3O8P2.C24H29ClN2O6/c1-32(2)43(5,37)41-24-20-25(40-42(3,4)36)28(30)23-19-22(31-39-21-26(34)33-16-12-10-13-17-33)15-11-8-6-7-9-14-18-38-29(35)27(23)24;25-23-18-14-17(26-33-16-21(30)27-11-7-5-8-12-27)10-6-3-1-2-4-9-13-32-24(31)22(18)19(28)15-20(23)29/h7,9,11,15,20H,6,8,10,12-14,16-19,21H2,1-5H3;2,4,6,10,15,28-29H,1,3,5,7-9,11-14,16H2/b9-7+,15-11+,31-22+;4-2+,10-6+,26-17+. The molecule has 0 bridgehead atoms. The monoisotopic (exact) mass is 1130 g/mol. The topological polar surface area (TPSA) is 233 Å². The number of phenols is 2. The van der Waals surface area contributed by atoms with Crippen LogP contribution in [0.5, 0.6) is 23.0 Å². The fourth-order valence-corrected chi connectivity index (χ4v) is 9.88. The first kappa shape index (κ1) is 61.3. The van der Waals surface area contributed by atoms with Crippen LogP contribution in [0.4, 0.5) is 0 Å². The molecule has 0 radical (unpaired) electrons. The van der Waals surface area contributed by atoms with E-state index in [0.29, 0.717) is 43.8 Å². The number of fused-ring (bicyclic) bond motifs is 2. The van der Waals surface area contributed by atoms with Crippen LogP contribution in [0.25, 0.3) is 0 Å². The molecule has 2 N–H and O–H groups in total. The van der Waals surface area contributed by atoms with Crippen LogP contribution in [-0.2, 0) is 50.7 Å². The first-order valence-corrected chi connectivity index (χ1v) is 30.7. The van der Waals surface area contributed by atoms with E-state index in [1.807, 2.05) is 36.5 Å². The van der Waals surface area contributed by atoms with Crippen molar-refractivity contribution in [2.24, 2.45) is 10.3 Å². The number of halogens is 2. The maximum atomic E-state index is 13.6. The highest BCUT2D eigenvalue weighted by Crippen LogP contribution is 2.51. The van der Waals surface area contributed by atoms with Crippen molar-refractivity contribution in [2.75, 3.05) is 86.7 Å². The number of carbonyl (C=O) groups excluding carboxylic acids is 4. The van der Waals surface area contributed by atoms with Crippen LogP contribution in [0.3, 0.4) is 0 Å². The van der Waals surface area contributed by atoms with E-state index in [9.17, 15) is 38.5 Å². The Morgan fingerprint density at radius 3 is 1.54 bits per heavy atom. The third-order valence-electron chi connectivity index (χ3n) is 12.2. The van der Waals surface area contributed by atoms with Gasteiger partial charge >= 0.3 is 19.5 Å². The molecule has 0 spiro atoms. The lowest BCUT2D eigenvalue weighted by Crippen LogP contribution is -2.37. The first-order chi connectivity index (χ1) is 36.3. The van der Waals surface area contributed by atoms with Crippen LogP contribution in [0.1, 0.15) is 109 Å². The summed E-state index contributed by atoms with van der Waals surface area (Å²) in [5, 5.41) is 28.7. The molecule has 6 rings (SSSR count). The number of phenolic OH excluding ortho intramolecular Hbond substituents is 2. The van der Waals surface area contributed by atoms with Crippen molar-refractivity contribution in [3.05, 3.63) is 93.0 Å². The molecule has 4 aliphatic heterocycles. The molecular weight excluding hydrogens is 1060 g/mol. The fourth-order valence-electron chi connectivity index (χ4n) is 8.06. The lowest BCUT2D eigenvalue weighted by atomic mass is 9.99. The number of oxime groups is 2. The number of ether oxygens (including phenoxy) is 2. The zero-order valence-electron chi connectivity index (χ0n) is 44.0. The van der Waals surface area contributed by atoms with Gasteiger partial charge in [-0.05, 0) is 114 Å². The Morgan fingerprint density at radius 2 is 1.07 bits per heavy atom. The van der Waals surface area contributed by atoms with Crippen LogP contribution >= 0.6 is 38.1 Å². The van der Waals surface area contributed by atoms with Gasteiger partial charge in [0.25, 0.3) is 11.8 Å². The van der Waals surface area contributed by atoms with Crippen molar-refractivity contribution in [1.82, 2.24) is 14.5 Å². The van der Waals surface area contributed by atoms with E-state index in [1.165, 1.54) is 30.7 Å². The molecule has 416 valence electrons. The average Bonchev–Trinajstić information content (AvgIpc) is 3.39. The number of benzene rings is 2. The van der Waals surface area contributed by atoms with Crippen LogP contribution in [0.2, 0.25) is 10.0 Å². The first-order valence-electron chi connectivity index (χ1n) is 25.4. The van der Waals surface area contributed by atoms with Gasteiger partial charge in [-0.15, -0.1) is 0 Å². The van der Waals surface area contributed by atoms with Crippen molar-refractivity contribution >= 4 is 73.3 Å². The third kappa shape index (κ3) is 19.5. The summed E-state index contributed by atoms with van der Waals surface area (Å²) >= 11 is 13.1. The van der Waals surface area contributed by atoms with Gasteiger partial charge in [-0.1, -0.05) is 70.0 Å². The molecule has 2 saturated heterocycles. The van der Waals surface area contributed by atoms with E-state index in [-0.39, 0.29) is 101 Å². The highest BCUT2D eigenvalue weighted by atomic mass is 35.5. The number of amides is 2. The number of nitrogens with zero attached hydrogens (tertiary/aromatic N) is 5. The van der Waals surface area contributed by atoms with Crippen molar-refractivity contribution in [3.63, 3.8) is 0 Å². The number of piperidine rings is 2. The van der Waals surface area contributed by atoms with E-state index >= 15 is 0 Å². The molecule has 2 aromatic carbocycles. The number of esters is 2. The summed E-state index contributed by atoms with van der Waals surface area (Å²) in [5.74, 6) is -2.70. The molecule has 0 aromatic heterocycles. The Bertz CT molecular complexity index is 2650. The highest BCUT2D eigenvalue weighted by molar-refractivity contribution is 7.57. The number of cyclic esters (lactones) is 2. The summed E-state index contributed by atoms with van der Waals surface area (Å²) in [5.41, 5.74) is 0.909. The van der Waals surface area contributed by atoms with Crippen LogP contribution in [0.15, 0.2) is 71.1 Å². The van der Waals surface area contributed by atoms with Crippen molar-refractivity contribution in [1.29, 1.82) is 0 Å². The Kier molecular flexibility index (Phi) is 24.5. The zero-order valence-corrected chi connectivity index (χ0v) is 47.3. The van der Waals surface area contributed by atoms with Gasteiger partial charge in [0, 0.05) is 71.1 Å². The summed E-state index contributed by atoms with van der Waals surface area (Å²) in [4.78, 5) is 65.6. The van der Waals surface area contributed by atoms with Crippen LogP contribution < -0.4 is 9.05 Å². The van der Waals surface area contributed by atoms with Gasteiger partial charge < -0.3 is 48.2 Å². The van der Waals surface area contributed by atoms with Gasteiger partial charge in [-0.2, -0.15) is 0 Å². The summed E-state index contributed by atoms with van der Waals surface area (Å²) in [6.45, 7) is 6.86. The molecule has 76 heavy (non-hydrogen) atoms. The Balaban J connectivity index is 0.000000290. The van der Waals surface area contributed by atoms with Crippen molar-refractivity contribution in [3.8, 4) is 23.0 Å². The zero-order chi connectivity index (χ0) is 55.3. The highest BCUT2D eigenvalue weighted by Gasteiger charge is 2.32. The summed E-state index contributed by atoms with van der Waals surface area (Å²) in [6, 6.07) is 2.32. The molecule has 2 amide bonds. The minimum absolute atomic E-state index is 0.00324. The van der Waals surface area contributed by atoms with Gasteiger partial charge in [0.05, 0.1) is 34.7 Å². The normalized spacial score (nSPS) is 20.8. The van der Waals surface area contributed by atoms with Gasteiger partial charge in [-0.25, -0.2) is 14.3 Å². The predicted octanol–water partition coefficient (Wildman–Crippen LogP) is 10.5. The largest absolute Gasteiger partial charge is 0.507 e. The number of allylic oxidation sites excluding steroid dienone is 6. The molecule has 1 atom stereocenters. The number of hydrogen-bond donors (Lipinski definition) is 2. The minimum atomic E-state index is -3.44. The molecule has 0 aliphatic carbocycles. The van der Waals surface area contributed by atoms with Crippen LogP contribution in [0, 0.1) is 0 Å². The van der Waals surface area contributed by atoms with Crippen LogP contribution in [-0.4, -0.2) is 147 Å². The number of hydrogen-bond acceptors (Lipinski definition) is 16. The summed E-state index contributed by atoms with van der Waals surface area (Å²) in [7, 11) is -3.39. The SMILES string of the molecule is CN(C)P(C)(=O)Oc1cc(OP(C)(C)=O)c(Cl)c2c1C(=O)OCC/C=C/CC/C=C/C(=N\OCC(=O)N1CCCCC1)C2.O=C1OCC/C=C/CC/C=C/C(=N\OCC(=O)N2CCCCC2)Cc2c(Cl)c(O)cc(O)c21. The summed E-state index contributed by atoms with van der Waals surface area (Å²) in [6.07, 6.45) is 25.2.